The van der Waals surface area contributed by atoms with Crippen LogP contribution in [0.1, 0.15) is 5.56 Å². The number of hydrogen-bond donors (Lipinski definition) is 0. The second-order valence-corrected chi connectivity index (χ2v) is 6.11. The smallest absolute Gasteiger partial charge is 0.260 e. The van der Waals surface area contributed by atoms with Gasteiger partial charge >= 0.3 is 0 Å². The van der Waals surface area contributed by atoms with Crippen molar-refractivity contribution in [1.82, 2.24) is 9.80 Å². The number of carbonyl (C=O) groups is 1. The number of piperazine rings is 1. The summed E-state index contributed by atoms with van der Waals surface area (Å²) in [5, 5.41) is 0. The maximum Gasteiger partial charge on any atom is 0.260 e. The van der Waals surface area contributed by atoms with Crippen molar-refractivity contribution in [2.24, 2.45) is 0 Å². The van der Waals surface area contributed by atoms with E-state index in [9.17, 15) is 4.79 Å². The predicted molar refractivity (Wildman–Crippen MR) is 104 cm³/mol. The summed E-state index contributed by atoms with van der Waals surface area (Å²) in [6.07, 6.45) is 0. The van der Waals surface area contributed by atoms with Crippen LogP contribution in [0.3, 0.4) is 0 Å². The van der Waals surface area contributed by atoms with E-state index in [0.717, 1.165) is 38.5 Å². The highest BCUT2D eigenvalue weighted by Crippen LogP contribution is 2.17. The molecule has 2 aromatic carbocycles. The molecule has 2 aromatic rings. The van der Waals surface area contributed by atoms with Crippen molar-refractivity contribution < 1.29 is 14.3 Å². The van der Waals surface area contributed by atoms with E-state index in [4.69, 9.17) is 9.47 Å². The third kappa shape index (κ3) is 5.64. The lowest BCUT2D eigenvalue weighted by molar-refractivity contribution is -0.135. The van der Waals surface area contributed by atoms with E-state index in [-0.39, 0.29) is 24.9 Å². The second kappa shape index (κ2) is 10.0. The summed E-state index contributed by atoms with van der Waals surface area (Å²) in [7, 11) is 1.62. The Morgan fingerprint density at radius 2 is 1.54 bits per heavy atom. The highest BCUT2D eigenvalue weighted by atomic mass is 35.5. The molecule has 1 saturated heterocycles. The first kappa shape index (κ1) is 20.1. The average molecular weight is 377 g/mol. The minimum atomic E-state index is 0. The maximum absolute atomic E-state index is 12.3. The van der Waals surface area contributed by atoms with E-state index < -0.39 is 0 Å². The molecule has 0 atom stereocenters. The summed E-state index contributed by atoms with van der Waals surface area (Å²) in [5.41, 5.74) is 1.31. The van der Waals surface area contributed by atoms with Crippen LogP contribution in [0.4, 0.5) is 0 Å². The Bertz CT molecular complexity index is 671. The van der Waals surface area contributed by atoms with Crippen LogP contribution in [0.25, 0.3) is 0 Å². The van der Waals surface area contributed by atoms with E-state index in [1.165, 1.54) is 5.56 Å². The van der Waals surface area contributed by atoms with Gasteiger partial charge in [-0.15, -0.1) is 12.4 Å². The number of carbonyl (C=O) groups excluding carboxylic acids is 1. The summed E-state index contributed by atoms with van der Waals surface area (Å²) in [6.45, 7) is 4.29. The van der Waals surface area contributed by atoms with Gasteiger partial charge in [-0.3, -0.25) is 9.69 Å². The Kier molecular flexibility index (Phi) is 7.75. The van der Waals surface area contributed by atoms with Crippen molar-refractivity contribution in [3.05, 3.63) is 60.2 Å². The largest absolute Gasteiger partial charge is 0.497 e. The zero-order valence-electron chi connectivity index (χ0n) is 15.0. The molecule has 1 aliphatic rings. The Morgan fingerprint density at radius 3 is 2.15 bits per heavy atom. The average Bonchev–Trinajstić information content (AvgIpc) is 2.68. The van der Waals surface area contributed by atoms with Gasteiger partial charge in [0.1, 0.15) is 11.5 Å². The van der Waals surface area contributed by atoms with Crippen molar-refractivity contribution in [3.8, 4) is 11.5 Å². The summed E-state index contributed by atoms with van der Waals surface area (Å²) in [6, 6.07) is 17.7. The maximum atomic E-state index is 12.3. The van der Waals surface area contributed by atoms with Crippen molar-refractivity contribution in [2.45, 2.75) is 6.54 Å². The molecule has 0 aromatic heterocycles. The van der Waals surface area contributed by atoms with Crippen LogP contribution in [0.15, 0.2) is 54.6 Å². The van der Waals surface area contributed by atoms with Crippen LogP contribution in [0.5, 0.6) is 11.5 Å². The lowest BCUT2D eigenvalue weighted by atomic mass is 10.2. The van der Waals surface area contributed by atoms with Gasteiger partial charge in [0.2, 0.25) is 0 Å². The number of methoxy groups -OCH3 is 1. The number of benzene rings is 2. The lowest BCUT2D eigenvalue weighted by Crippen LogP contribution is -2.49. The van der Waals surface area contributed by atoms with Gasteiger partial charge in [0.15, 0.2) is 6.61 Å². The van der Waals surface area contributed by atoms with Gasteiger partial charge in [0, 0.05) is 32.7 Å². The highest BCUT2D eigenvalue weighted by Gasteiger charge is 2.21. The van der Waals surface area contributed by atoms with Crippen LogP contribution in [0.2, 0.25) is 0 Å². The molecular formula is C20H25ClN2O3. The van der Waals surface area contributed by atoms with Crippen molar-refractivity contribution >= 4 is 18.3 Å². The summed E-state index contributed by atoms with van der Waals surface area (Å²) < 4.78 is 10.7. The number of amides is 1. The van der Waals surface area contributed by atoms with Crippen LogP contribution in [-0.4, -0.2) is 55.6 Å². The van der Waals surface area contributed by atoms with Gasteiger partial charge in [-0.25, -0.2) is 0 Å². The zero-order chi connectivity index (χ0) is 17.5. The van der Waals surface area contributed by atoms with Crippen LogP contribution in [-0.2, 0) is 11.3 Å². The van der Waals surface area contributed by atoms with Crippen LogP contribution >= 0.6 is 12.4 Å². The first-order valence-electron chi connectivity index (χ1n) is 8.55. The van der Waals surface area contributed by atoms with Gasteiger partial charge in [0.25, 0.3) is 5.91 Å². The molecule has 6 heteroatoms. The minimum absolute atomic E-state index is 0. The van der Waals surface area contributed by atoms with Gasteiger partial charge in [-0.1, -0.05) is 30.3 Å². The van der Waals surface area contributed by atoms with Gasteiger partial charge in [0.05, 0.1) is 7.11 Å². The molecule has 140 valence electrons. The number of rotatable bonds is 6. The SMILES string of the molecule is COc1ccc(OCC(=O)N2CCN(Cc3ccccc3)CC2)cc1.Cl. The fourth-order valence-electron chi connectivity index (χ4n) is 2.91. The third-order valence-corrected chi connectivity index (χ3v) is 4.40. The molecule has 0 unspecified atom stereocenters. The second-order valence-electron chi connectivity index (χ2n) is 6.11. The van der Waals surface area contributed by atoms with E-state index in [1.54, 1.807) is 7.11 Å². The lowest BCUT2D eigenvalue weighted by Gasteiger charge is -2.34. The van der Waals surface area contributed by atoms with Gasteiger partial charge < -0.3 is 14.4 Å². The summed E-state index contributed by atoms with van der Waals surface area (Å²) in [5.74, 6) is 1.49. The van der Waals surface area contributed by atoms with E-state index in [0.29, 0.717) is 5.75 Å². The molecule has 0 N–H and O–H groups in total. The number of nitrogens with zero attached hydrogens (tertiary/aromatic N) is 2. The Morgan fingerprint density at radius 1 is 0.923 bits per heavy atom. The number of hydrogen-bond acceptors (Lipinski definition) is 4. The topological polar surface area (TPSA) is 42.0 Å². The monoisotopic (exact) mass is 376 g/mol. The first-order chi connectivity index (χ1) is 12.2. The van der Waals surface area contributed by atoms with Gasteiger partial charge in [-0.2, -0.15) is 0 Å². The molecule has 0 radical (unpaired) electrons. The van der Waals surface area contributed by atoms with Crippen molar-refractivity contribution in [2.75, 3.05) is 39.9 Å². The predicted octanol–water partition coefficient (Wildman–Crippen LogP) is 2.84. The van der Waals surface area contributed by atoms with Crippen LogP contribution in [0, 0.1) is 0 Å². The molecule has 1 fully saturated rings. The molecule has 1 aliphatic heterocycles. The molecule has 3 rings (SSSR count). The fourth-order valence-corrected chi connectivity index (χ4v) is 2.91. The van der Waals surface area contributed by atoms with E-state index in [1.807, 2.05) is 35.2 Å². The Hall–Kier alpha value is -2.24. The molecule has 0 saturated carbocycles. The van der Waals surface area contributed by atoms with Gasteiger partial charge in [-0.05, 0) is 29.8 Å². The molecular weight excluding hydrogens is 352 g/mol. The Balaban J connectivity index is 0.00000243. The third-order valence-electron chi connectivity index (χ3n) is 4.40. The fraction of sp³-hybridized carbons (Fsp3) is 0.350. The quantitative estimate of drug-likeness (QED) is 0.777. The molecule has 5 nitrogen and oxygen atoms in total. The number of ether oxygens (including phenoxy) is 2. The van der Waals surface area contributed by atoms with E-state index in [2.05, 4.69) is 29.2 Å². The molecule has 26 heavy (non-hydrogen) atoms. The van der Waals surface area contributed by atoms with E-state index >= 15 is 0 Å². The zero-order valence-corrected chi connectivity index (χ0v) is 15.8. The molecule has 0 spiro atoms. The summed E-state index contributed by atoms with van der Waals surface area (Å²) in [4.78, 5) is 16.6. The summed E-state index contributed by atoms with van der Waals surface area (Å²) >= 11 is 0. The molecule has 0 bridgehead atoms. The van der Waals surface area contributed by atoms with Crippen LogP contribution < -0.4 is 9.47 Å². The first-order valence-corrected chi connectivity index (χ1v) is 8.55. The normalized spacial score (nSPS) is 14.4. The molecule has 1 heterocycles. The standard InChI is InChI=1S/C20H24N2O3.ClH/c1-24-18-7-9-19(10-8-18)25-16-20(23)22-13-11-21(12-14-22)15-17-5-3-2-4-6-17;/h2-10H,11-16H2,1H3;1H. The minimum Gasteiger partial charge on any atom is -0.497 e. The Labute approximate surface area is 160 Å². The molecule has 0 aliphatic carbocycles. The van der Waals surface area contributed by atoms with Crippen molar-refractivity contribution in [1.29, 1.82) is 0 Å². The highest BCUT2D eigenvalue weighted by molar-refractivity contribution is 5.85. The molecule has 1 amide bonds. The van der Waals surface area contributed by atoms with Crippen molar-refractivity contribution in [3.63, 3.8) is 0 Å². The number of halogens is 1.